The summed E-state index contributed by atoms with van der Waals surface area (Å²) in [5.74, 6) is 1.06. The van der Waals surface area contributed by atoms with Gasteiger partial charge in [-0.3, -0.25) is 4.79 Å². The minimum Gasteiger partial charge on any atom is -0.456 e. The number of carbonyl (C=O) groups is 1. The van der Waals surface area contributed by atoms with Crippen LogP contribution in [0, 0.1) is 0 Å². The van der Waals surface area contributed by atoms with Crippen molar-refractivity contribution in [3.8, 4) is 11.5 Å². The van der Waals surface area contributed by atoms with E-state index in [0.717, 1.165) is 19.4 Å². The average Bonchev–Trinajstić information content (AvgIpc) is 2.59. The predicted molar refractivity (Wildman–Crippen MR) is 96.1 cm³/mol. The molecule has 1 atom stereocenters. The average molecular weight is 365 g/mol. The summed E-state index contributed by atoms with van der Waals surface area (Å²) in [6.45, 7) is 1.36. The molecule has 1 unspecified atom stereocenters. The van der Waals surface area contributed by atoms with E-state index in [1.54, 1.807) is 47.4 Å². The van der Waals surface area contributed by atoms with Crippen molar-refractivity contribution in [2.45, 2.75) is 18.9 Å². The molecule has 1 aliphatic heterocycles. The van der Waals surface area contributed by atoms with Gasteiger partial charge in [-0.15, -0.1) is 0 Å². The van der Waals surface area contributed by atoms with Crippen LogP contribution in [0.4, 0.5) is 0 Å². The molecule has 0 aromatic heterocycles. The molecule has 0 aliphatic carbocycles. The second kappa shape index (κ2) is 7.43. The Balaban J connectivity index is 1.71. The van der Waals surface area contributed by atoms with Crippen LogP contribution in [-0.2, 0) is 0 Å². The van der Waals surface area contributed by atoms with E-state index in [0.29, 0.717) is 33.7 Å². The molecule has 1 heterocycles. The normalized spacial score (nSPS) is 17.6. The lowest BCUT2D eigenvalue weighted by atomic mass is 10.1. The van der Waals surface area contributed by atoms with Gasteiger partial charge in [0.2, 0.25) is 0 Å². The minimum absolute atomic E-state index is 0.00233. The van der Waals surface area contributed by atoms with E-state index >= 15 is 0 Å². The third-order valence-corrected chi connectivity index (χ3v) is 4.79. The van der Waals surface area contributed by atoms with Crippen molar-refractivity contribution in [2.24, 2.45) is 5.73 Å². The van der Waals surface area contributed by atoms with E-state index in [2.05, 4.69) is 0 Å². The summed E-state index contributed by atoms with van der Waals surface area (Å²) < 4.78 is 5.73. The number of nitrogens with zero attached hydrogens (tertiary/aromatic N) is 1. The second-order valence-corrected chi connectivity index (χ2v) is 6.62. The smallest absolute Gasteiger partial charge is 0.253 e. The number of carbonyl (C=O) groups excluding carboxylic acids is 1. The van der Waals surface area contributed by atoms with Crippen molar-refractivity contribution >= 4 is 29.1 Å². The number of amides is 1. The van der Waals surface area contributed by atoms with Crippen LogP contribution < -0.4 is 10.5 Å². The highest BCUT2D eigenvalue weighted by Crippen LogP contribution is 2.34. The SMILES string of the molecule is NC1CCCN(C(=O)c2ccc(Oc3cccc(Cl)c3Cl)cc2)C1. The maximum atomic E-state index is 12.5. The fourth-order valence-electron chi connectivity index (χ4n) is 2.73. The van der Waals surface area contributed by atoms with Crippen LogP contribution in [0.1, 0.15) is 23.2 Å². The fraction of sp³-hybridized carbons (Fsp3) is 0.278. The molecule has 0 bridgehead atoms. The van der Waals surface area contributed by atoms with Gasteiger partial charge in [0.05, 0.1) is 5.02 Å². The number of hydrogen-bond acceptors (Lipinski definition) is 3. The molecule has 4 nitrogen and oxygen atoms in total. The summed E-state index contributed by atoms with van der Waals surface area (Å²) in [6, 6.07) is 12.2. The fourth-order valence-corrected chi connectivity index (χ4v) is 3.06. The molecule has 1 fully saturated rings. The minimum atomic E-state index is -0.00233. The maximum Gasteiger partial charge on any atom is 0.253 e. The Labute approximate surface area is 151 Å². The first-order valence-corrected chi connectivity index (χ1v) is 8.57. The molecule has 0 spiro atoms. The van der Waals surface area contributed by atoms with Crippen molar-refractivity contribution in [3.63, 3.8) is 0 Å². The third-order valence-electron chi connectivity index (χ3n) is 3.99. The molecule has 2 aromatic rings. The first-order chi connectivity index (χ1) is 11.5. The monoisotopic (exact) mass is 364 g/mol. The molecule has 2 aromatic carbocycles. The first kappa shape index (κ1) is 17.1. The van der Waals surface area contributed by atoms with Gasteiger partial charge >= 0.3 is 0 Å². The molecule has 24 heavy (non-hydrogen) atoms. The number of rotatable bonds is 3. The Morgan fingerprint density at radius 2 is 1.92 bits per heavy atom. The number of likely N-dealkylation sites (tertiary alicyclic amines) is 1. The Morgan fingerprint density at radius 3 is 2.62 bits per heavy atom. The van der Waals surface area contributed by atoms with Gasteiger partial charge in [0.15, 0.2) is 0 Å². The molecule has 2 N–H and O–H groups in total. The van der Waals surface area contributed by atoms with Crippen LogP contribution >= 0.6 is 23.2 Å². The van der Waals surface area contributed by atoms with Crippen molar-refractivity contribution in [1.29, 1.82) is 0 Å². The van der Waals surface area contributed by atoms with E-state index in [1.165, 1.54) is 0 Å². The molecule has 1 amide bonds. The molecule has 3 rings (SSSR count). The van der Waals surface area contributed by atoms with E-state index in [9.17, 15) is 4.79 Å². The number of benzene rings is 2. The lowest BCUT2D eigenvalue weighted by molar-refractivity contribution is 0.0709. The number of nitrogens with two attached hydrogens (primary N) is 1. The molecular weight excluding hydrogens is 347 g/mol. The summed E-state index contributed by atoms with van der Waals surface area (Å²) in [4.78, 5) is 14.3. The van der Waals surface area contributed by atoms with Gasteiger partial charge in [0, 0.05) is 24.7 Å². The molecular formula is C18H18Cl2N2O2. The molecule has 1 aliphatic rings. The summed E-state index contributed by atoms with van der Waals surface area (Å²) in [5, 5.41) is 0.795. The lowest BCUT2D eigenvalue weighted by Gasteiger charge is -2.30. The summed E-state index contributed by atoms with van der Waals surface area (Å²) in [5.41, 5.74) is 6.56. The Kier molecular flexibility index (Phi) is 5.29. The standard InChI is InChI=1S/C18H18Cl2N2O2/c19-15-4-1-5-16(17(15)20)24-14-8-6-12(7-9-14)18(23)22-10-2-3-13(21)11-22/h1,4-9,13H,2-3,10-11,21H2. The zero-order chi connectivity index (χ0) is 17.1. The van der Waals surface area contributed by atoms with Crippen LogP contribution in [-0.4, -0.2) is 29.9 Å². The summed E-state index contributed by atoms with van der Waals surface area (Å²) >= 11 is 12.1. The van der Waals surface area contributed by atoms with Crippen molar-refractivity contribution < 1.29 is 9.53 Å². The van der Waals surface area contributed by atoms with Gasteiger partial charge in [-0.1, -0.05) is 29.3 Å². The summed E-state index contributed by atoms with van der Waals surface area (Å²) in [7, 11) is 0. The number of halogens is 2. The summed E-state index contributed by atoms with van der Waals surface area (Å²) in [6.07, 6.45) is 1.91. The van der Waals surface area contributed by atoms with Gasteiger partial charge in [-0.05, 0) is 49.2 Å². The zero-order valence-electron chi connectivity index (χ0n) is 13.0. The molecule has 0 radical (unpaired) electrons. The molecule has 126 valence electrons. The van der Waals surface area contributed by atoms with E-state index in [4.69, 9.17) is 33.7 Å². The topological polar surface area (TPSA) is 55.6 Å². The highest BCUT2D eigenvalue weighted by molar-refractivity contribution is 6.42. The van der Waals surface area contributed by atoms with Crippen LogP contribution in [0.25, 0.3) is 0 Å². The predicted octanol–water partition coefficient (Wildman–Crippen LogP) is 4.35. The third kappa shape index (κ3) is 3.83. The van der Waals surface area contributed by atoms with Gasteiger partial charge < -0.3 is 15.4 Å². The van der Waals surface area contributed by atoms with Crippen LogP contribution in [0.5, 0.6) is 11.5 Å². The van der Waals surface area contributed by atoms with Crippen molar-refractivity contribution in [3.05, 3.63) is 58.1 Å². The second-order valence-electron chi connectivity index (χ2n) is 5.83. The first-order valence-electron chi connectivity index (χ1n) is 7.81. The maximum absolute atomic E-state index is 12.5. The highest BCUT2D eigenvalue weighted by Gasteiger charge is 2.22. The largest absolute Gasteiger partial charge is 0.456 e. The molecule has 0 saturated carbocycles. The molecule has 6 heteroatoms. The number of piperidine rings is 1. The van der Waals surface area contributed by atoms with Crippen LogP contribution in [0.2, 0.25) is 10.0 Å². The lowest BCUT2D eigenvalue weighted by Crippen LogP contribution is -2.45. The quantitative estimate of drug-likeness (QED) is 0.880. The zero-order valence-corrected chi connectivity index (χ0v) is 14.6. The van der Waals surface area contributed by atoms with Crippen LogP contribution in [0.15, 0.2) is 42.5 Å². The van der Waals surface area contributed by atoms with E-state index in [-0.39, 0.29) is 11.9 Å². The Hall–Kier alpha value is -1.75. The van der Waals surface area contributed by atoms with Crippen LogP contribution in [0.3, 0.4) is 0 Å². The van der Waals surface area contributed by atoms with E-state index < -0.39 is 0 Å². The Morgan fingerprint density at radius 1 is 1.17 bits per heavy atom. The van der Waals surface area contributed by atoms with Gasteiger partial charge in [-0.25, -0.2) is 0 Å². The highest BCUT2D eigenvalue weighted by atomic mass is 35.5. The van der Waals surface area contributed by atoms with E-state index in [1.807, 2.05) is 0 Å². The van der Waals surface area contributed by atoms with Crippen molar-refractivity contribution in [1.82, 2.24) is 4.90 Å². The van der Waals surface area contributed by atoms with Gasteiger partial charge in [0.1, 0.15) is 16.5 Å². The van der Waals surface area contributed by atoms with Gasteiger partial charge in [0.25, 0.3) is 5.91 Å². The van der Waals surface area contributed by atoms with Gasteiger partial charge in [-0.2, -0.15) is 0 Å². The number of hydrogen-bond donors (Lipinski definition) is 1. The molecule has 1 saturated heterocycles. The Bertz CT molecular complexity index is 734. The van der Waals surface area contributed by atoms with Crippen molar-refractivity contribution in [2.75, 3.05) is 13.1 Å². The number of ether oxygens (including phenoxy) is 1.